The second-order valence-corrected chi connectivity index (χ2v) is 5.82. The lowest BCUT2D eigenvalue weighted by Crippen LogP contribution is -2.46. The summed E-state index contributed by atoms with van der Waals surface area (Å²) in [4.78, 5) is 23.8. The molecule has 2 amide bonds. The normalized spacial score (nSPS) is 11.8. The molecule has 2 aromatic carbocycles. The molecule has 0 aliphatic rings. The highest BCUT2D eigenvalue weighted by molar-refractivity contribution is 5.93. The maximum Gasteiger partial charge on any atom is 0.279 e. The van der Waals surface area contributed by atoms with E-state index in [4.69, 9.17) is 4.74 Å². The average molecular weight is 356 g/mol. The zero-order valence-electron chi connectivity index (χ0n) is 14.9. The van der Waals surface area contributed by atoms with Gasteiger partial charge in [-0.05, 0) is 61.7 Å². The first kappa shape index (κ1) is 19.2. The van der Waals surface area contributed by atoms with Gasteiger partial charge in [0, 0.05) is 6.08 Å². The summed E-state index contributed by atoms with van der Waals surface area (Å²) in [6.07, 6.45) is 1.86. The number of benzene rings is 2. The molecule has 26 heavy (non-hydrogen) atoms. The van der Waals surface area contributed by atoms with Crippen molar-refractivity contribution in [3.63, 3.8) is 0 Å². The van der Waals surface area contributed by atoms with Gasteiger partial charge in [-0.3, -0.25) is 20.4 Å². The van der Waals surface area contributed by atoms with E-state index in [1.165, 1.54) is 24.3 Å². The molecule has 0 radical (unpaired) electrons. The first-order chi connectivity index (χ1) is 12.4. The Morgan fingerprint density at radius 2 is 1.85 bits per heavy atom. The smallest absolute Gasteiger partial charge is 0.279 e. The third-order valence-electron chi connectivity index (χ3n) is 3.81. The van der Waals surface area contributed by atoms with Crippen molar-refractivity contribution in [3.05, 3.63) is 71.0 Å². The molecule has 5 nitrogen and oxygen atoms in total. The zero-order valence-corrected chi connectivity index (χ0v) is 14.9. The molecule has 0 aromatic heterocycles. The Labute approximate surface area is 151 Å². The zero-order chi connectivity index (χ0) is 19.1. The molecule has 0 aliphatic carbocycles. The predicted octanol–water partition coefficient (Wildman–Crippen LogP) is 3.07. The number of aryl methyl sites for hydroxylation is 1. The standard InChI is InChI=1S/C20H21FN2O3/c1-13-6-4-9-18(14(13)2)26-15(3)20(25)23-22-19(24)11-10-16-7-5-8-17(21)12-16/h4-12,15H,1-3H3,(H,22,24)(H,23,25)/b11-10+/t15-/m0/s1. The molecule has 0 heterocycles. The number of hydrogen-bond donors (Lipinski definition) is 2. The minimum absolute atomic E-state index is 0.390. The number of hydrogen-bond acceptors (Lipinski definition) is 3. The van der Waals surface area contributed by atoms with Gasteiger partial charge in [0.05, 0.1) is 0 Å². The number of carbonyl (C=O) groups excluding carboxylic acids is 2. The van der Waals surface area contributed by atoms with Gasteiger partial charge in [-0.2, -0.15) is 0 Å². The number of halogens is 1. The van der Waals surface area contributed by atoms with Crippen molar-refractivity contribution in [1.29, 1.82) is 0 Å². The number of rotatable bonds is 5. The summed E-state index contributed by atoms with van der Waals surface area (Å²) < 4.78 is 18.7. The molecule has 0 aliphatic heterocycles. The van der Waals surface area contributed by atoms with E-state index >= 15 is 0 Å². The minimum Gasteiger partial charge on any atom is -0.481 e. The van der Waals surface area contributed by atoms with Crippen LogP contribution in [0, 0.1) is 19.7 Å². The molecule has 0 fully saturated rings. The predicted molar refractivity (Wildman–Crippen MR) is 97.7 cm³/mol. The van der Waals surface area contributed by atoms with E-state index in [1.54, 1.807) is 25.1 Å². The highest BCUT2D eigenvalue weighted by Crippen LogP contribution is 2.21. The largest absolute Gasteiger partial charge is 0.481 e. The molecule has 0 saturated carbocycles. The molecule has 2 aromatic rings. The fourth-order valence-corrected chi connectivity index (χ4v) is 2.14. The summed E-state index contributed by atoms with van der Waals surface area (Å²) in [6.45, 7) is 5.46. The summed E-state index contributed by atoms with van der Waals surface area (Å²) >= 11 is 0. The summed E-state index contributed by atoms with van der Waals surface area (Å²) in [5.41, 5.74) is 7.11. The van der Waals surface area contributed by atoms with E-state index < -0.39 is 23.7 Å². The molecule has 0 bridgehead atoms. The lowest BCUT2D eigenvalue weighted by Gasteiger charge is -2.17. The van der Waals surface area contributed by atoms with Crippen LogP contribution in [-0.4, -0.2) is 17.9 Å². The van der Waals surface area contributed by atoms with Gasteiger partial charge in [-0.25, -0.2) is 4.39 Å². The van der Waals surface area contributed by atoms with Gasteiger partial charge in [0.1, 0.15) is 11.6 Å². The summed E-state index contributed by atoms with van der Waals surface area (Å²) in [7, 11) is 0. The SMILES string of the molecule is Cc1cccc(O[C@@H](C)C(=O)NNC(=O)/C=C/c2cccc(F)c2)c1C. The third kappa shape index (κ3) is 5.44. The summed E-state index contributed by atoms with van der Waals surface area (Å²) in [5.74, 6) is -0.803. The molecular weight excluding hydrogens is 335 g/mol. The van der Waals surface area contributed by atoms with Gasteiger partial charge in [-0.15, -0.1) is 0 Å². The lowest BCUT2D eigenvalue weighted by molar-refractivity contribution is -0.131. The van der Waals surface area contributed by atoms with Gasteiger partial charge in [0.2, 0.25) is 0 Å². The molecule has 0 spiro atoms. The van der Waals surface area contributed by atoms with Crippen LogP contribution in [0.4, 0.5) is 4.39 Å². The van der Waals surface area contributed by atoms with Crippen LogP contribution < -0.4 is 15.6 Å². The van der Waals surface area contributed by atoms with E-state index in [9.17, 15) is 14.0 Å². The van der Waals surface area contributed by atoms with Gasteiger partial charge < -0.3 is 4.74 Å². The van der Waals surface area contributed by atoms with Crippen LogP contribution in [0.5, 0.6) is 5.75 Å². The van der Waals surface area contributed by atoms with E-state index in [2.05, 4.69) is 10.9 Å². The Morgan fingerprint density at radius 3 is 2.58 bits per heavy atom. The number of nitrogens with one attached hydrogen (secondary N) is 2. The quantitative estimate of drug-likeness (QED) is 0.639. The van der Waals surface area contributed by atoms with E-state index in [0.29, 0.717) is 11.3 Å². The van der Waals surface area contributed by atoms with Crippen molar-refractivity contribution >= 4 is 17.9 Å². The Balaban J connectivity index is 1.85. The van der Waals surface area contributed by atoms with Crippen molar-refractivity contribution in [2.24, 2.45) is 0 Å². The second-order valence-electron chi connectivity index (χ2n) is 5.82. The van der Waals surface area contributed by atoms with E-state index in [0.717, 1.165) is 11.1 Å². The van der Waals surface area contributed by atoms with E-state index in [-0.39, 0.29) is 0 Å². The van der Waals surface area contributed by atoms with Gasteiger partial charge in [0.15, 0.2) is 6.10 Å². The molecule has 2 N–H and O–H groups in total. The van der Waals surface area contributed by atoms with Crippen LogP contribution in [-0.2, 0) is 9.59 Å². The van der Waals surface area contributed by atoms with Crippen LogP contribution in [0.2, 0.25) is 0 Å². The molecular formula is C20H21FN2O3. The minimum atomic E-state index is -0.789. The fraction of sp³-hybridized carbons (Fsp3) is 0.200. The molecule has 0 unspecified atom stereocenters. The van der Waals surface area contributed by atoms with Crippen LogP contribution in [0.3, 0.4) is 0 Å². The summed E-state index contributed by atoms with van der Waals surface area (Å²) in [6, 6.07) is 11.4. The van der Waals surface area contributed by atoms with Crippen LogP contribution in [0.1, 0.15) is 23.6 Å². The maximum absolute atomic E-state index is 13.1. The van der Waals surface area contributed by atoms with Gasteiger partial charge in [-0.1, -0.05) is 24.3 Å². The molecule has 136 valence electrons. The monoisotopic (exact) mass is 356 g/mol. The van der Waals surface area contributed by atoms with Gasteiger partial charge >= 0.3 is 0 Å². The Hall–Kier alpha value is -3.15. The molecule has 1 atom stereocenters. The first-order valence-electron chi connectivity index (χ1n) is 8.13. The highest BCUT2D eigenvalue weighted by Gasteiger charge is 2.16. The maximum atomic E-state index is 13.1. The second kappa shape index (κ2) is 8.80. The molecule has 0 saturated heterocycles. The summed E-state index contributed by atoms with van der Waals surface area (Å²) in [5, 5.41) is 0. The van der Waals surface area contributed by atoms with Crippen molar-refractivity contribution in [2.45, 2.75) is 26.9 Å². The fourth-order valence-electron chi connectivity index (χ4n) is 2.14. The highest BCUT2D eigenvalue weighted by atomic mass is 19.1. The van der Waals surface area contributed by atoms with Crippen molar-refractivity contribution in [3.8, 4) is 5.75 Å². The topological polar surface area (TPSA) is 67.4 Å². The van der Waals surface area contributed by atoms with Crippen LogP contribution >= 0.6 is 0 Å². The van der Waals surface area contributed by atoms with Crippen LogP contribution in [0.25, 0.3) is 6.08 Å². The van der Waals surface area contributed by atoms with Crippen molar-refractivity contribution in [1.82, 2.24) is 10.9 Å². The van der Waals surface area contributed by atoms with Crippen LogP contribution in [0.15, 0.2) is 48.5 Å². The Bertz CT molecular complexity index is 834. The average Bonchev–Trinajstić information content (AvgIpc) is 2.61. The van der Waals surface area contributed by atoms with Gasteiger partial charge in [0.25, 0.3) is 11.8 Å². The third-order valence-corrected chi connectivity index (χ3v) is 3.81. The Kier molecular flexibility index (Phi) is 6.49. The first-order valence-corrected chi connectivity index (χ1v) is 8.13. The number of ether oxygens (including phenoxy) is 1. The molecule has 6 heteroatoms. The van der Waals surface area contributed by atoms with E-state index in [1.807, 2.05) is 26.0 Å². The molecule has 2 rings (SSSR count). The number of amides is 2. The lowest BCUT2D eigenvalue weighted by atomic mass is 10.1. The van der Waals surface area contributed by atoms with Crippen molar-refractivity contribution in [2.75, 3.05) is 0 Å². The number of hydrazine groups is 1. The number of carbonyl (C=O) groups is 2. The Morgan fingerprint density at radius 1 is 1.12 bits per heavy atom. The van der Waals surface area contributed by atoms with Crippen molar-refractivity contribution < 1.29 is 18.7 Å².